The summed E-state index contributed by atoms with van der Waals surface area (Å²) >= 11 is 9.98. The van der Waals surface area contributed by atoms with E-state index in [0.717, 1.165) is 39.5 Å². The van der Waals surface area contributed by atoms with Crippen LogP contribution >= 0.6 is 27.5 Å². The fourth-order valence-electron chi connectivity index (χ4n) is 2.13. The molecule has 0 bridgehead atoms. The second kappa shape index (κ2) is 6.64. The molecule has 0 saturated carbocycles. The van der Waals surface area contributed by atoms with Gasteiger partial charge in [-0.3, -0.25) is 4.68 Å². The predicted octanol–water partition coefficient (Wildman–Crippen LogP) is 4.80. The fourth-order valence-corrected chi connectivity index (χ4v) is 3.10. The lowest BCUT2D eigenvalue weighted by Gasteiger charge is -2.11. The Labute approximate surface area is 133 Å². The summed E-state index contributed by atoms with van der Waals surface area (Å²) in [6, 6.07) is 6.25. The third-order valence-corrected chi connectivity index (χ3v) is 4.36. The molecule has 20 heavy (non-hydrogen) atoms. The Bertz CT molecular complexity index is 607. The number of benzene rings is 1. The number of nitrogens with zero attached hydrogens (tertiary/aromatic N) is 2. The van der Waals surface area contributed by atoms with Crippen molar-refractivity contribution in [2.45, 2.75) is 40.3 Å². The Morgan fingerprint density at radius 2 is 2.10 bits per heavy atom. The van der Waals surface area contributed by atoms with Gasteiger partial charge in [-0.25, -0.2) is 0 Å². The van der Waals surface area contributed by atoms with Gasteiger partial charge < -0.3 is 5.32 Å². The van der Waals surface area contributed by atoms with Crippen molar-refractivity contribution >= 4 is 33.2 Å². The molecular weight excluding hydrogens is 338 g/mol. The second-order valence-electron chi connectivity index (χ2n) is 4.71. The van der Waals surface area contributed by atoms with Gasteiger partial charge in [0, 0.05) is 16.7 Å². The van der Waals surface area contributed by atoms with Crippen molar-refractivity contribution in [1.82, 2.24) is 9.78 Å². The van der Waals surface area contributed by atoms with Crippen LogP contribution in [-0.4, -0.2) is 9.78 Å². The van der Waals surface area contributed by atoms with E-state index in [-0.39, 0.29) is 0 Å². The molecule has 0 spiro atoms. The van der Waals surface area contributed by atoms with Gasteiger partial charge >= 0.3 is 0 Å². The zero-order valence-corrected chi connectivity index (χ0v) is 14.3. The smallest absolute Gasteiger partial charge is 0.0868 e. The highest BCUT2D eigenvalue weighted by Crippen LogP contribution is 2.26. The third kappa shape index (κ3) is 3.18. The van der Waals surface area contributed by atoms with Gasteiger partial charge in [0.2, 0.25) is 0 Å². The maximum Gasteiger partial charge on any atom is 0.0868 e. The average molecular weight is 357 g/mol. The first-order chi connectivity index (χ1) is 9.56. The summed E-state index contributed by atoms with van der Waals surface area (Å²) in [6.45, 7) is 7.72. The van der Waals surface area contributed by atoms with Crippen LogP contribution in [0.2, 0.25) is 5.02 Å². The Hall–Kier alpha value is -1.000. The SMILES string of the molecule is CCc1nn(CC)c(CNc2ccc(C)cc2Br)c1Cl. The number of rotatable bonds is 5. The Morgan fingerprint density at radius 3 is 2.70 bits per heavy atom. The molecule has 108 valence electrons. The molecule has 3 nitrogen and oxygen atoms in total. The Balaban J connectivity index is 2.20. The maximum atomic E-state index is 6.40. The first kappa shape index (κ1) is 15.4. The van der Waals surface area contributed by atoms with Crippen molar-refractivity contribution in [3.63, 3.8) is 0 Å². The van der Waals surface area contributed by atoms with Crippen molar-refractivity contribution in [3.05, 3.63) is 44.6 Å². The predicted molar refractivity (Wildman–Crippen MR) is 88.5 cm³/mol. The zero-order valence-electron chi connectivity index (χ0n) is 12.0. The minimum Gasteiger partial charge on any atom is -0.378 e. The number of hydrogen-bond donors (Lipinski definition) is 1. The standard InChI is InChI=1S/C15H19BrClN3/c1-4-12-15(17)14(20(5-2)19-12)9-18-13-7-6-10(3)8-11(13)16/h6-8,18H,4-5,9H2,1-3H3. The molecule has 0 aliphatic rings. The molecule has 0 amide bonds. The summed E-state index contributed by atoms with van der Waals surface area (Å²) in [4.78, 5) is 0. The van der Waals surface area contributed by atoms with Crippen LogP contribution in [0.5, 0.6) is 0 Å². The quantitative estimate of drug-likeness (QED) is 0.834. The van der Waals surface area contributed by atoms with E-state index in [1.54, 1.807) is 0 Å². The summed E-state index contributed by atoms with van der Waals surface area (Å²) < 4.78 is 3.03. The minimum atomic E-state index is 0.668. The molecule has 0 radical (unpaired) electrons. The molecule has 0 saturated heterocycles. The number of nitrogens with one attached hydrogen (secondary N) is 1. The van der Waals surface area contributed by atoms with Crippen LogP contribution in [0.3, 0.4) is 0 Å². The fraction of sp³-hybridized carbons (Fsp3) is 0.400. The normalized spacial score (nSPS) is 10.8. The van der Waals surface area contributed by atoms with E-state index in [4.69, 9.17) is 11.6 Å². The Morgan fingerprint density at radius 1 is 1.35 bits per heavy atom. The number of aromatic nitrogens is 2. The molecule has 1 aromatic carbocycles. The first-order valence-corrected chi connectivity index (χ1v) is 7.98. The highest BCUT2D eigenvalue weighted by atomic mass is 79.9. The number of aryl methyl sites for hydroxylation is 3. The van der Waals surface area contributed by atoms with Gasteiger partial charge in [0.1, 0.15) is 0 Å². The van der Waals surface area contributed by atoms with Gasteiger partial charge in [0.05, 0.1) is 23.0 Å². The van der Waals surface area contributed by atoms with Crippen molar-refractivity contribution < 1.29 is 0 Å². The van der Waals surface area contributed by atoms with Gasteiger partial charge in [-0.05, 0) is 53.9 Å². The van der Waals surface area contributed by atoms with E-state index >= 15 is 0 Å². The lowest BCUT2D eigenvalue weighted by atomic mass is 10.2. The molecule has 1 N–H and O–H groups in total. The maximum absolute atomic E-state index is 6.40. The molecule has 1 heterocycles. The summed E-state index contributed by atoms with van der Waals surface area (Å²) in [6.07, 6.45) is 0.854. The highest BCUT2D eigenvalue weighted by Gasteiger charge is 2.14. The van der Waals surface area contributed by atoms with E-state index in [1.165, 1.54) is 5.56 Å². The minimum absolute atomic E-state index is 0.668. The van der Waals surface area contributed by atoms with E-state index < -0.39 is 0 Å². The van der Waals surface area contributed by atoms with E-state index in [1.807, 2.05) is 4.68 Å². The first-order valence-electron chi connectivity index (χ1n) is 6.80. The summed E-state index contributed by atoms with van der Waals surface area (Å²) in [5.74, 6) is 0. The van der Waals surface area contributed by atoms with Crippen molar-refractivity contribution in [3.8, 4) is 0 Å². The molecule has 1 aromatic heterocycles. The second-order valence-corrected chi connectivity index (χ2v) is 5.95. The van der Waals surface area contributed by atoms with Gasteiger partial charge in [0.15, 0.2) is 0 Å². The molecule has 0 atom stereocenters. The molecule has 0 aliphatic heterocycles. The van der Waals surface area contributed by atoms with Crippen molar-refractivity contribution in [2.75, 3.05) is 5.32 Å². The lowest BCUT2D eigenvalue weighted by Crippen LogP contribution is -2.08. The van der Waals surface area contributed by atoms with Crippen LogP contribution in [0.15, 0.2) is 22.7 Å². The van der Waals surface area contributed by atoms with Crippen LogP contribution in [0.25, 0.3) is 0 Å². The topological polar surface area (TPSA) is 29.9 Å². The van der Waals surface area contributed by atoms with E-state index in [0.29, 0.717) is 6.54 Å². The van der Waals surface area contributed by atoms with Gasteiger partial charge in [-0.1, -0.05) is 24.6 Å². The van der Waals surface area contributed by atoms with Crippen molar-refractivity contribution in [1.29, 1.82) is 0 Å². The third-order valence-electron chi connectivity index (χ3n) is 3.27. The van der Waals surface area contributed by atoms with E-state index in [2.05, 4.69) is 65.3 Å². The number of halogens is 2. The monoisotopic (exact) mass is 355 g/mol. The van der Waals surface area contributed by atoms with Gasteiger partial charge in [-0.2, -0.15) is 5.10 Å². The van der Waals surface area contributed by atoms with Crippen LogP contribution < -0.4 is 5.32 Å². The molecule has 5 heteroatoms. The zero-order chi connectivity index (χ0) is 14.7. The summed E-state index contributed by atoms with van der Waals surface area (Å²) in [5, 5.41) is 8.73. The molecule has 0 aliphatic carbocycles. The van der Waals surface area contributed by atoms with Crippen molar-refractivity contribution in [2.24, 2.45) is 0 Å². The van der Waals surface area contributed by atoms with Gasteiger partial charge in [-0.15, -0.1) is 0 Å². The summed E-state index contributed by atoms with van der Waals surface area (Å²) in [7, 11) is 0. The molecule has 2 aromatic rings. The van der Waals surface area contributed by atoms with Crippen LogP contribution in [0.4, 0.5) is 5.69 Å². The largest absolute Gasteiger partial charge is 0.378 e. The number of anilines is 1. The van der Waals surface area contributed by atoms with Crippen LogP contribution in [0, 0.1) is 6.92 Å². The highest BCUT2D eigenvalue weighted by molar-refractivity contribution is 9.10. The van der Waals surface area contributed by atoms with Gasteiger partial charge in [0.25, 0.3) is 0 Å². The van der Waals surface area contributed by atoms with E-state index in [9.17, 15) is 0 Å². The summed E-state index contributed by atoms with van der Waals surface area (Å²) in [5.41, 5.74) is 4.30. The average Bonchev–Trinajstić information content (AvgIpc) is 2.74. The lowest BCUT2D eigenvalue weighted by molar-refractivity contribution is 0.619. The Kier molecular flexibility index (Phi) is 5.11. The molecule has 0 fully saturated rings. The molecule has 0 unspecified atom stereocenters. The number of hydrogen-bond acceptors (Lipinski definition) is 2. The van der Waals surface area contributed by atoms with Crippen LogP contribution in [-0.2, 0) is 19.5 Å². The molecular formula is C15H19BrClN3. The molecule has 2 rings (SSSR count). The van der Waals surface area contributed by atoms with Crippen LogP contribution in [0.1, 0.15) is 30.8 Å².